The van der Waals surface area contributed by atoms with Crippen LogP contribution in [0, 0.1) is 0 Å². The Kier molecular flexibility index (Phi) is 3.42. The maximum atomic E-state index is 5.28. The molecule has 0 N–H and O–H groups in total. The molecule has 0 atom stereocenters. The minimum Gasteiger partial charge on any atom is -0.339 e. The number of nitrogens with zero attached hydrogens (tertiary/aromatic N) is 2. The first-order chi connectivity index (χ1) is 9.31. The van der Waals surface area contributed by atoms with Crippen molar-refractivity contribution in [3.05, 3.63) is 70.5 Å². The first-order valence-corrected chi connectivity index (χ1v) is 6.73. The van der Waals surface area contributed by atoms with Crippen LogP contribution in [0.2, 0.25) is 0 Å². The Balaban J connectivity index is 1.80. The fourth-order valence-corrected chi connectivity index (χ4v) is 2.07. The molecule has 1 aromatic heterocycles. The Hall–Kier alpha value is -1.94. The van der Waals surface area contributed by atoms with E-state index in [0.717, 1.165) is 15.6 Å². The van der Waals surface area contributed by atoms with Crippen LogP contribution in [0.25, 0.3) is 11.4 Å². The summed E-state index contributed by atoms with van der Waals surface area (Å²) in [5.41, 5.74) is 2.11. The van der Waals surface area contributed by atoms with Crippen molar-refractivity contribution in [3.63, 3.8) is 0 Å². The van der Waals surface area contributed by atoms with Gasteiger partial charge in [0, 0.05) is 10.0 Å². The minimum atomic E-state index is 0.626. The number of aromatic nitrogens is 2. The zero-order valence-corrected chi connectivity index (χ0v) is 11.7. The van der Waals surface area contributed by atoms with Crippen molar-refractivity contribution in [2.24, 2.45) is 0 Å². The maximum Gasteiger partial charge on any atom is 0.231 e. The highest BCUT2D eigenvalue weighted by Crippen LogP contribution is 2.17. The van der Waals surface area contributed by atoms with Crippen LogP contribution in [0.3, 0.4) is 0 Å². The van der Waals surface area contributed by atoms with E-state index in [0.29, 0.717) is 18.1 Å². The van der Waals surface area contributed by atoms with Crippen LogP contribution in [0.5, 0.6) is 0 Å². The van der Waals surface area contributed by atoms with Crippen LogP contribution >= 0.6 is 15.9 Å². The van der Waals surface area contributed by atoms with Crippen molar-refractivity contribution in [1.29, 1.82) is 0 Å². The van der Waals surface area contributed by atoms with Gasteiger partial charge >= 0.3 is 0 Å². The number of rotatable bonds is 3. The fourth-order valence-electron chi connectivity index (χ4n) is 1.81. The lowest BCUT2D eigenvalue weighted by molar-refractivity contribution is 0.385. The highest BCUT2D eigenvalue weighted by atomic mass is 79.9. The highest BCUT2D eigenvalue weighted by molar-refractivity contribution is 9.10. The number of hydrogen-bond acceptors (Lipinski definition) is 3. The molecule has 19 heavy (non-hydrogen) atoms. The van der Waals surface area contributed by atoms with Gasteiger partial charge in [0.05, 0.1) is 6.42 Å². The topological polar surface area (TPSA) is 38.9 Å². The zero-order chi connectivity index (χ0) is 13.1. The smallest absolute Gasteiger partial charge is 0.231 e. The van der Waals surface area contributed by atoms with Crippen molar-refractivity contribution >= 4 is 15.9 Å². The maximum absolute atomic E-state index is 5.28. The molecule has 0 unspecified atom stereocenters. The van der Waals surface area contributed by atoms with Gasteiger partial charge in [-0.15, -0.1) is 0 Å². The van der Waals surface area contributed by atoms with E-state index in [1.807, 2.05) is 54.6 Å². The van der Waals surface area contributed by atoms with Crippen molar-refractivity contribution in [2.45, 2.75) is 6.42 Å². The molecule has 0 fully saturated rings. The molecule has 3 aromatic rings. The zero-order valence-electron chi connectivity index (χ0n) is 10.1. The fraction of sp³-hybridized carbons (Fsp3) is 0.0667. The Morgan fingerprint density at radius 3 is 2.42 bits per heavy atom. The Labute approximate surface area is 119 Å². The summed E-state index contributed by atoms with van der Waals surface area (Å²) < 4.78 is 6.34. The van der Waals surface area contributed by atoms with Crippen LogP contribution in [0.1, 0.15) is 11.5 Å². The molecule has 3 nitrogen and oxygen atoms in total. The van der Waals surface area contributed by atoms with E-state index in [-0.39, 0.29) is 0 Å². The first-order valence-electron chi connectivity index (χ1n) is 5.94. The van der Waals surface area contributed by atoms with E-state index in [4.69, 9.17) is 4.52 Å². The van der Waals surface area contributed by atoms with E-state index < -0.39 is 0 Å². The molecule has 0 spiro atoms. The van der Waals surface area contributed by atoms with Gasteiger partial charge in [-0.3, -0.25) is 0 Å². The third-order valence-corrected chi connectivity index (χ3v) is 3.30. The lowest BCUT2D eigenvalue weighted by Crippen LogP contribution is -1.88. The third-order valence-electron chi connectivity index (χ3n) is 2.77. The van der Waals surface area contributed by atoms with Gasteiger partial charge in [0.15, 0.2) is 0 Å². The summed E-state index contributed by atoms with van der Waals surface area (Å²) in [5.74, 6) is 1.26. The molecular formula is C15H11BrN2O. The van der Waals surface area contributed by atoms with Gasteiger partial charge in [0.25, 0.3) is 0 Å². The van der Waals surface area contributed by atoms with Crippen molar-refractivity contribution in [2.75, 3.05) is 0 Å². The molecule has 0 aliphatic heterocycles. The van der Waals surface area contributed by atoms with Gasteiger partial charge in [-0.2, -0.15) is 4.98 Å². The van der Waals surface area contributed by atoms with E-state index in [9.17, 15) is 0 Å². The van der Waals surface area contributed by atoms with Crippen LogP contribution < -0.4 is 0 Å². The second kappa shape index (κ2) is 5.36. The molecule has 0 aliphatic rings. The summed E-state index contributed by atoms with van der Waals surface area (Å²) in [6.07, 6.45) is 0.646. The molecule has 0 saturated carbocycles. The quantitative estimate of drug-likeness (QED) is 0.731. The van der Waals surface area contributed by atoms with Gasteiger partial charge in [-0.1, -0.05) is 63.6 Å². The minimum absolute atomic E-state index is 0.626. The molecule has 1 heterocycles. The summed E-state index contributed by atoms with van der Waals surface area (Å²) in [7, 11) is 0. The molecule has 0 saturated heterocycles. The molecule has 2 aromatic carbocycles. The average molecular weight is 315 g/mol. The molecule has 3 rings (SSSR count). The second-order valence-corrected chi connectivity index (χ2v) is 5.10. The molecule has 0 radical (unpaired) electrons. The van der Waals surface area contributed by atoms with Crippen LogP contribution in [-0.4, -0.2) is 10.1 Å². The highest BCUT2D eigenvalue weighted by Gasteiger charge is 2.08. The van der Waals surface area contributed by atoms with E-state index in [2.05, 4.69) is 26.1 Å². The van der Waals surface area contributed by atoms with Crippen LogP contribution in [0.15, 0.2) is 63.6 Å². The number of hydrogen-bond donors (Lipinski definition) is 0. The van der Waals surface area contributed by atoms with Crippen LogP contribution in [-0.2, 0) is 6.42 Å². The van der Waals surface area contributed by atoms with Crippen molar-refractivity contribution in [3.8, 4) is 11.4 Å². The average Bonchev–Trinajstić information content (AvgIpc) is 2.91. The van der Waals surface area contributed by atoms with Crippen molar-refractivity contribution in [1.82, 2.24) is 10.1 Å². The van der Waals surface area contributed by atoms with E-state index >= 15 is 0 Å². The summed E-state index contributed by atoms with van der Waals surface area (Å²) in [6, 6.07) is 17.9. The summed E-state index contributed by atoms with van der Waals surface area (Å²) in [4.78, 5) is 4.41. The lowest BCUT2D eigenvalue weighted by Gasteiger charge is -1.96. The molecule has 94 valence electrons. The van der Waals surface area contributed by atoms with Gasteiger partial charge in [-0.25, -0.2) is 0 Å². The van der Waals surface area contributed by atoms with E-state index in [1.54, 1.807) is 0 Å². The lowest BCUT2D eigenvalue weighted by atomic mass is 10.1. The summed E-state index contributed by atoms with van der Waals surface area (Å²) in [5, 5.41) is 4.00. The van der Waals surface area contributed by atoms with Gasteiger partial charge in [-0.05, 0) is 17.7 Å². The van der Waals surface area contributed by atoms with Gasteiger partial charge < -0.3 is 4.52 Å². The predicted octanol–water partition coefficient (Wildman–Crippen LogP) is 4.09. The number of benzene rings is 2. The standard InChI is InChI=1S/C15H11BrN2O/c16-13-8-6-11(7-9-13)10-14-17-15(18-19-14)12-4-2-1-3-5-12/h1-9H,10H2. The Bertz CT molecular complexity index is 662. The molecule has 0 bridgehead atoms. The Morgan fingerprint density at radius 1 is 0.947 bits per heavy atom. The van der Waals surface area contributed by atoms with E-state index in [1.165, 1.54) is 0 Å². The SMILES string of the molecule is Brc1ccc(Cc2nc(-c3ccccc3)no2)cc1. The van der Waals surface area contributed by atoms with Gasteiger partial charge in [0.2, 0.25) is 11.7 Å². The molecule has 0 amide bonds. The largest absolute Gasteiger partial charge is 0.339 e. The second-order valence-electron chi connectivity index (χ2n) is 4.18. The summed E-state index contributed by atoms with van der Waals surface area (Å²) >= 11 is 3.41. The first kappa shape index (κ1) is 12.1. The molecule has 0 aliphatic carbocycles. The van der Waals surface area contributed by atoms with Gasteiger partial charge in [0.1, 0.15) is 0 Å². The van der Waals surface area contributed by atoms with Crippen LogP contribution in [0.4, 0.5) is 0 Å². The molecule has 4 heteroatoms. The third kappa shape index (κ3) is 2.90. The predicted molar refractivity (Wildman–Crippen MR) is 76.7 cm³/mol. The number of halogens is 1. The monoisotopic (exact) mass is 314 g/mol. The normalized spacial score (nSPS) is 10.6. The van der Waals surface area contributed by atoms with Crippen molar-refractivity contribution < 1.29 is 4.52 Å². The Morgan fingerprint density at radius 2 is 1.68 bits per heavy atom. The molecular weight excluding hydrogens is 304 g/mol. The summed E-state index contributed by atoms with van der Waals surface area (Å²) in [6.45, 7) is 0.